The molecular weight excluding hydrogens is 256 g/mol. The minimum atomic E-state index is -0.286. The summed E-state index contributed by atoms with van der Waals surface area (Å²) in [5.74, 6) is -0.201. The average molecular weight is 284 g/mol. The van der Waals surface area contributed by atoms with E-state index in [9.17, 15) is 9.59 Å². The first-order chi connectivity index (χ1) is 9.51. The first-order valence-electron chi connectivity index (χ1n) is 7.74. The first kappa shape index (κ1) is 17.0. The Kier molecular flexibility index (Phi) is 6.99. The fourth-order valence-corrected chi connectivity index (χ4v) is 2.76. The van der Waals surface area contributed by atoms with Gasteiger partial charge >= 0.3 is 5.97 Å². The highest BCUT2D eigenvalue weighted by atomic mass is 16.5. The molecule has 0 spiro atoms. The van der Waals surface area contributed by atoms with Crippen molar-refractivity contribution >= 4 is 11.9 Å². The quantitative estimate of drug-likeness (QED) is 0.723. The molecule has 1 N–H and O–H groups in total. The lowest BCUT2D eigenvalue weighted by Gasteiger charge is -2.29. The van der Waals surface area contributed by atoms with Crippen LogP contribution < -0.4 is 5.32 Å². The molecule has 0 aliphatic carbocycles. The molecule has 3 atom stereocenters. The Hall–Kier alpha value is -1.10. The number of amides is 1. The van der Waals surface area contributed by atoms with Crippen LogP contribution in [0.2, 0.25) is 0 Å². The number of carbonyl (C=O) groups excluding carboxylic acids is 2. The van der Waals surface area contributed by atoms with Crippen molar-refractivity contribution in [1.82, 2.24) is 10.2 Å². The van der Waals surface area contributed by atoms with Crippen molar-refractivity contribution in [3.8, 4) is 0 Å². The summed E-state index contributed by atoms with van der Waals surface area (Å²) in [5, 5.41) is 3.02. The average Bonchev–Trinajstić information content (AvgIpc) is 2.87. The largest absolute Gasteiger partial charge is 0.465 e. The minimum Gasteiger partial charge on any atom is -0.465 e. The Labute approximate surface area is 122 Å². The van der Waals surface area contributed by atoms with E-state index < -0.39 is 0 Å². The Bertz CT molecular complexity index is 333. The van der Waals surface area contributed by atoms with Crippen LogP contribution in [0.1, 0.15) is 53.4 Å². The van der Waals surface area contributed by atoms with Gasteiger partial charge in [0, 0.05) is 6.04 Å². The summed E-state index contributed by atoms with van der Waals surface area (Å²) in [6.07, 6.45) is 3.73. The van der Waals surface area contributed by atoms with Crippen LogP contribution >= 0.6 is 0 Å². The molecule has 1 rings (SSSR count). The van der Waals surface area contributed by atoms with Crippen LogP contribution in [-0.2, 0) is 14.3 Å². The lowest BCUT2D eigenvalue weighted by molar-refractivity contribution is -0.149. The Morgan fingerprint density at radius 2 is 2.05 bits per heavy atom. The van der Waals surface area contributed by atoms with Gasteiger partial charge in [-0.1, -0.05) is 13.3 Å². The van der Waals surface area contributed by atoms with E-state index in [0.717, 1.165) is 32.2 Å². The van der Waals surface area contributed by atoms with Gasteiger partial charge in [-0.3, -0.25) is 14.5 Å². The molecule has 0 aromatic carbocycles. The van der Waals surface area contributed by atoms with Crippen LogP contribution in [0.4, 0.5) is 0 Å². The highest BCUT2D eigenvalue weighted by molar-refractivity contribution is 5.83. The molecule has 1 aliphatic heterocycles. The number of nitrogens with one attached hydrogen (secondary N) is 1. The van der Waals surface area contributed by atoms with E-state index in [1.807, 2.05) is 18.7 Å². The third-order valence-corrected chi connectivity index (χ3v) is 3.84. The standard InChI is InChI=1S/C15H28N2O3/c1-5-8-11(3)16-14(18)12(4)17-10-7-9-13(17)15(19)20-6-2/h11-13H,5-10H2,1-4H3,(H,16,18). The van der Waals surface area contributed by atoms with Crippen molar-refractivity contribution in [3.05, 3.63) is 0 Å². The zero-order valence-corrected chi connectivity index (χ0v) is 13.1. The first-order valence-corrected chi connectivity index (χ1v) is 7.74. The van der Waals surface area contributed by atoms with Crippen molar-refractivity contribution in [2.24, 2.45) is 0 Å². The molecule has 1 saturated heterocycles. The Balaban J connectivity index is 2.58. The number of nitrogens with zero attached hydrogens (tertiary/aromatic N) is 1. The van der Waals surface area contributed by atoms with Crippen LogP contribution in [0.25, 0.3) is 0 Å². The number of likely N-dealkylation sites (tertiary alicyclic amines) is 1. The van der Waals surface area contributed by atoms with E-state index in [2.05, 4.69) is 12.2 Å². The van der Waals surface area contributed by atoms with Gasteiger partial charge in [-0.25, -0.2) is 0 Å². The number of carbonyl (C=O) groups is 2. The number of ether oxygens (including phenoxy) is 1. The van der Waals surface area contributed by atoms with Gasteiger partial charge in [0.15, 0.2) is 0 Å². The number of hydrogen-bond acceptors (Lipinski definition) is 4. The SMILES string of the molecule is CCCC(C)NC(=O)C(C)N1CCCC1C(=O)OCC. The van der Waals surface area contributed by atoms with E-state index in [4.69, 9.17) is 4.74 Å². The summed E-state index contributed by atoms with van der Waals surface area (Å²) in [6.45, 7) is 8.95. The predicted octanol–water partition coefficient (Wildman–Crippen LogP) is 1.71. The minimum absolute atomic E-state index is 0.00199. The zero-order valence-electron chi connectivity index (χ0n) is 13.1. The molecule has 5 nitrogen and oxygen atoms in total. The second kappa shape index (κ2) is 8.25. The molecule has 0 radical (unpaired) electrons. The highest BCUT2D eigenvalue weighted by Crippen LogP contribution is 2.21. The third kappa shape index (κ3) is 4.47. The van der Waals surface area contributed by atoms with Gasteiger partial charge in [-0.15, -0.1) is 0 Å². The molecule has 1 amide bonds. The molecule has 1 fully saturated rings. The van der Waals surface area contributed by atoms with Gasteiger partial charge in [0.2, 0.25) is 5.91 Å². The molecule has 1 aliphatic rings. The number of rotatable bonds is 7. The van der Waals surface area contributed by atoms with E-state index >= 15 is 0 Å². The summed E-state index contributed by atoms with van der Waals surface area (Å²) in [5.41, 5.74) is 0. The molecule has 116 valence electrons. The van der Waals surface area contributed by atoms with Gasteiger partial charge in [0.25, 0.3) is 0 Å². The zero-order chi connectivity index (χ0) is 15.1. The third-order valence-electron chi connectivity index (χ3n) is 3.84. The van der Waals surface area contributed by atoms with Crippen LogP contribution in [0.15, 0.2) is 0 Å². The van der Waals surface area contributed by atoms with Crippen LogP contribution in [-0.4, -0.2) is 48.1 Å². The summed E-state index contributed by atoms with van der Waals surface area (Å²) < 4.78 is 5.09. The molecular formula is C15H28N2O3. The van der Waals surface area contributed by atoms with E-state index in [0.29, 0.717) is 6.61 Å². The molecule has 0 aromatic heterocycles. The molecule has 0 bridgehead atoms. The highest BCUT2D eigenvalue weighted by Gasteiger charge is 2.37. The summed E-state index contributed by atoms with van der Waals surface area (Å²) >= 11 is 0. The van der Waals surface area contributed by atoms with Gasteiger partial charge < -0.3 is 10.1 Å². The molecule has 1 heterocycles. The smallest absolute Gasteiger partial charge is 0.323 e. The second-order valence-electron chi connectivity index (χ2n) is 5.52. The molecule has 3 unspecified atom stereocenters. The van der Waals surface area contributed by atoms with E-state index in [1.54, 1.807) is 6.92 Å². The maximum Gasteiger partial charge on any atom is 0.323 e. The summed E-state index contributed by atoms with van der Waals surface area (Å²) in [7, 11) is 0. The van der Waals surface area contributed by atoms with Gasteiger partial charge in [0.05, 0.1) is 12.6 Å². The molecule has 0 saturated carbocycles. The topological polar surface area (TPSA) is 58.6 Å². The van der Waals surface area contributed by atoms with Gasteiger partial charge in [-0.2, -0.15) is 0 Å². The van der Waals surface area contributed by atoms with Crippen LogP contribution in [0.3, 0.4) is 0 Å². The normalized spacial score (nSPS) is 22.3. The number of esters is 1. The van der Waals surface area contributed by atoms with Crippen molar-refractivity contribution < 1.29 is 14.3 Å². The fraction of sp³-hybridized carbons (Fsp3) is 0.867. The van der Waals surface area contributed by atoms with Crippen molar-refractivity contribution in [2.45, 2.75) is 71.5 Å². The lowest BCUT2D eigenvalue weighted by atomic mass is 10.1. The molecule has 0 aromatic rings. The van der Waals surface area contributed by atoms with Crippen molar-refractivity contribution in [3.63, 3.8) is 0 Å². The van der Waals surface area contributed by atoms with Crippen LogP contribution in [0, 0.1) is 0 Å². The van der Waals surface area contributed by atoms with E-state index in [-0.39, 0.29) is 30.0 Å². The Morgan fingerprint density at radius 3 is 2.65 bits per heavy atom. The lowest BCUT2D eigenvalue weighted by Crippen LogP contribution is -2.51. The van der Waals surface area contributed by atoms with Crippen LogP contribution in [0.5, 0.6) is 0 Å². The molecule has 5 heteroatoms. The van der Waals surface area contributed by atoms with Gasteiger partial charge in [-0.05, 0) is 46.6 Å². The molecule has 20 heavy (non-hydrogen) atoms. The second-order valence-corrected chi connectivity index (χ2v) is 5.52. The predicted molar refractivity (Wildman–Crippen MR) is 78.3 cm³/mol. The van der Waals surface area contributed by atoms with Crippen molar-refractivity contribution in [1.29, 1.82) is 0 Å². The van der Waals surface area contributed by atoms with Gasteiger partial charge in [0.1, 0.15) is 6.04 Å². The summed E-state index contributed by atoms with van der Waals surface area (Å²) in [4.78, 5) is 26.1. The summed E-state index contributed by atoms with van der Waals surface area (Å²) in [6, 6.07) is -0.373. The van der Waals surface area contributed by atoms with Crippen molar-refractivity contribution in [2.75, 3.05) is 13.2 Å². The van der Waals surface area contributed by atoms with E-state index in [1.165, 1.54) is 0 Å². The Morgan fingerprint density at radius 1 is 1.35 bits per heavy atom. The maximum absolute atomic E-state index is 12.2. The number of hydrogen-bond donors (Lipinski definition) is 1. The monoisotopic (exact) mass is 284 g/mol. The maximum atomic E-state index is 12.2. The fourth-order valence-electron chi connectivity index (χ4n) is 2.76.